The van der Waals surface area contributed by atoms with Crippen LogP contribution in [0.2, 0.25) is 0 Å². The van der Waals surface area contributed by atoms with Gasteiger partial charge in [-0.3, -0.25) is 9.59 Å². The molecule has 3 rings (SSSR count). The number of rotatable bonds is 4. The van der Waals surface area contributed by atoms with Crippen molar-refractivity contribution >= 4 is 5.91 Å². The topological polar surface area (TPSA) is 82.2 Å². The number of carbonyl (C=O) groups excluding carboxylic acids is 1. The highest BCUT2D eigenvalue weighted by Crippen LogP contribution is 2.29. The average Bonchev–Trinajstić information content (AvgIpc) is 3.04. The Morgan fingerprint density at radius 3 is 2.61 bits per heavy atom. The van der Waals surface area contributed by atoms with Crippen LogP contribution in [0.1, 0.15) is 33.3 Å². The van der Waals surface area contributed by atoms with E-state index in [1.54, 1.807) is 19.9 Å². The van der Waals surface area contributed by atoms with Crippen molar-refractivity contribution in [1.82, 2.24) is 24.2 Å². The molecule has 2 aromatic heterocycles. The van der Waals surface area contributed by atoms with Crippen LogP contribution in [0.5, 0.6) is 0 Å². The Morgan fingerprint density at radius 1 is 1.25 bits per heavy atom. The summed E-state index contributed by atoms with van der Waals surface area (Å²) in [5.41, 5.74) is 0.779. The highest BCUT2D eigenvalue weighted by atomic mass is 19.4. The first-order valence-electron chi connectivity index (χ1n) is 8.63. The molecule has 28 heavy (non-hydrogen) atoms. The molecule has 0 atom stereocenters. The molecule has 0 bridgehead atoms. The van der Waals surface area contributed by atoms with Crippen LogP contribution in [0.25, 0.3) is 0 Å². The van der Waals surface area contributed by atoms with Gasteiger partial charge in [0.15, 0.2) is 5.82 Å². The molecule has 1 amide bonds. The van der Waals surface area contributed by atoms with Gasteiger partial charge in [0, 0.05) is 32.4 Å². The largest absolute Gasteiger partial charge is 0.451 e. The number of halogens is 3. The van der Waals surface area contributed by atoms with Gasteiger partial charge < -0.3 is 18.8 Å². The molecule has 8 nitrogen and oxygen atoms in total. The minimum Gasteiger partial charge on any atom is -0.383 e. The molecule has 0 aromatic carbocycles. The quantitative estimate of drug-likeness (QED) is 0.776. The molecule has 1 aliphatic heterocycles. The zero-order valence-corrected chi connectivity index (χ0v) is 15.7. The zero-order chi connectivity index (χ0) is 20.6. The minimum atomic E-state index is -4.61. The van der Waals surface area contributed by atoms with Crippen molar-refractivity contribution in [3.8, 4) is 0 Å². The number of hydrogen-bond donors (Lipinski definition) is 0. The summed E-state index contributed by atoms with van der Waals surface area (Å²) >= 11 is 0. The molecule has 0 spiro atoms. The predicted molar refractivity (Wildman–Crippen MR) is 91.8 cm³/mol. The number of carbonyl (C=O) groups is 1. The van der Waals surface area contributed by atoms with E-state index in [4.69, 9.17) is 4.74 Å². The number of alkyl halides is 3. The van der Waals surface area contributed by atoms with Crippen LogP contribution in [-0.2, 0) is 30.5 Å². The molecule has 1 aliphatic rings. The summed E-state index contributed by atoms with van der Waals surface area (Å²) in [4.78, 5) is 27.2. The molecule has 0 saturated carbocycles. The number of aryl methyl sites for hydroxylation is 2. The van der Waals surface area contributed by atoms with Gasteiger partial charge in [0.25, 0.3) is 11.5 Å². The number of fused-ring (bicyclic) bond motifs is 1. The van der Waals surface area contributed by atoms with Crippen LogP contribution in [0.4, 0.5) is 13.2 Å². The standard InChI is InChI=1S/C17H20F3N5O3/c1-10-8-11(2)24(6-7-28-3)15(27)13(10)14(26)23-4-5-25-12(9-23)21-22-16(25)17(18,19)20/h8H,4-7,9H2,1-3H3. The van der Waals surface area contributed by atoms with Gasteiger partial charge in [0.05, 0.1) is 13.2 Å². The molecular weight excluding hydrogens is 379 g/mol. The predicted octanol–water partition coefficient (Wildman–Crippen LogP) is 1.38. The Bertz CT molecular complexity index is 964. The van der Waals surface area contributed by atoms with Gasteiger partial charge in [0.1, 0.15) is 5.56 Å². The van der Waals surface area contributed by atoms with Crippen LogP contribution in [0, 0.1) is 13.8 Å². The van der Waals surface area contributed by atoms with E-state index < -0.39 is 23.5 Å². The van der Waals surface area contributed by atoms with Crippen molar-refractivity contribution in [2.75, 3.05) is 20.3 Å². The van der Waals surface area contributed by atoms with Gasteiger partial charge in [0.2, 0.25) is 5.82 Å². The average molecular weight is 399 g/mol. The first-order chi connectivity index (χ1) is 13.1. The molecule has 0 N–H and O–H groups in total. The van der Waals surface area contributed by atoms with Gasteiger partial charge >= 0.3 is 6.18 Å². The van der Waals surface area contributed by atoms with E-state index in [9.17, 15) is 22.8 Å². The monoisotopic (exact) mass is 399 g/mol. The molecule has 0 aliphatic carbocycles. The molecule has 0 saturated heterocycles. The Hall–Kier alpha value is -2.69. The van der Waals surface area contributed by atoms with Crippen molar-refractivity contribution in [1.29, 1.82) is 0 Å². The summed E-state index contributed by atoms with van der Waals surface area (Å²) in [7, 11) is 1.51. The fraction of sp³-hybridized carbons (Fsp3) is 0.529. The number of hydrogen-bond acceptors (Lipinski definition) is 5. The van der Waals surface area contributed by atoms with Gasteiger partial charge in [-0.25, -0.2) is 0 Å². The van der Waals surface area contributed by atoms with Gasteiger partial charge in [-0.15, -0.1) is 10.2 Å². The fourth-order valence-electron chi connectivity index (χ4n) is 3.35. The van der Waals surface area contributed by atoms with Crippen LogP contribution < -0.4 is 5.56 Å². The summed E-state index contributed by atoms with van der Waals surface area (Å²) in [6.07, 6.45) is -4.61. The lowest BCUT2D eigenvalue weighted by Crippen LogP contribution is -2.43. The number of ether oxygens (including phenoxy) is 1. The molecule has 0 radical (unpaired) electrons. The van der Waals surface area contributed by atoms with E-state index in [-0.39, 0.29) is 31.0 Å². The zero-order valence-electron chi connectivity index (χ0n) is 15.7. The highest BCUT2D eigenvalue weighted by Gasteiger charge is 2.40. The van der Waals surface area contributed by atoms with Crippen LogP contribution in [0.3, 0.4) is 0 Å². The molecule has 2 aromatic rings. The van der Waals surface area contributed by atoms with Gasteiger partial charge in [-0.05, 0) is 25.5 Å². The van der Waals surface area contributed by atoms with E-state index in [1.807, 2.05) is 0 Å². The number of pyridine rings is 1. The van der Waals surface area contributed by atoms with Crippen molar-refractivity contribution in [2.45, 2.75) is 39.7 Å². The lowest BCUT2D eigenvalue weighted by Gasteiger charge is -2.28. The first kappa shape index (κ1) is 20.1. The summed E-state index contributed by atoms with van der Waals surface area (Å²) < 4.78 is 46.3. The maximum Gasteiger partial charge on any atom is 0.451 e. The fourth-order valence-corrected chi connectivity index (χ4v) is 3.35. The number of aromatic nitrogens is 4. The summed E-state index contributed by atoms with van der Waals surface area (Å²) in [5.74, 6) is -1.57. The molecule has 152 valence electrons. The lowest BCUT2D eigenvalue weighted by molar-refractivity contribution is -0.147. The Balaban J connectivity index is 1.92. The van der Waals surface area contributed by atoms with Crippen molar-refractivity contribution in [2.24, 2.45) is 0 Å². The second-order valence-corrected chi connectivity index (χ2v) is 6.61. The number of nitrogens with zero attached hydrogens (tertiary/aromatic N) is 5. The normalized spacial score (nSPS) is 14.3. The number of methoxy groups -OCH3 is 1. The van der Waals surface area contributed by atoms with Crippen LogP contribution in [0.15, 0.2) is 10.9 Å². The summed E-state index contributed by atoms with van der Waals surface area (Å²) in [6, 6.07) is 1.73. The van der Waals surface area contributed by atoms with Crippen molar-refractivity contribution in [3.05, 3.63) is 44.9 Å². The second-order valence-electron chi connectivity index (χ2n) is 6.61. The third kappa shape index (κ3) is 3.53. The van der Waals surface area contributed by atoms with Crippen LogP contribution in [-0.4, -0.2) is 50.4 Å². The van der Waals surface area contributed by atoms with Gasteiger partial charge in [-0.2, -0.15) is 13.2 Å². The molecule has 0 fully saturated rings. The van der Waals surface area contributed by atoms with Crippen molar-refractivity contribution < 1.29 is 22.7 Å². The molecule has 3 heterocycles. The Morgan fingerprint density at radius 2 is 1.96 bits per heavy atom. The first-order valence-corrected chi connectivity index (χ1v) is 8.63. The third-order valence-electron chi connectivity index (χ3n) is 4.73. The molecule has 11 heteroatoms. The molecule has 0 unspecified atom stereocenters. The Kier molecular flexibility index (Phi) is 5.28. The van der Waals surface area contributed by atoms with E-state index in [1.165, 1.54) is 16.6 Å². The maximum absolute atomic E-state index is 13.0. The number of amides is 1. The summed E-state index contributed by atoms with van der Waals surface area (Å²) in [6.45, 7) is 3.82. The van der Waals surface area contributed by atoms with E-state index in [2.05, 4.69) is 10.2 Å². The van der Waals surface area contributed by atoms with Gasteiger partial charge in [-0.1, -0.05) is 0 Å². The van der Waals surface area contributed by atoms with E-state index in [0.29, 0.717) is 24.4 Å². The van der Waals surface area contributed by atoms with E-state index in [0.717, 1.165) is 4.57 Å². The minimum absolute atomic E-state index is 0.00529. The highest BCUT2D eigenvalue weighted by molar-refractivity contribution is 5.95. The third-order valence-corrected chi connectivity index (χ3v) is 4.73. The van der Waals surface area contributed by atoms with E-state index >= 15 is 0 Å². The lowest BCUT2D eigenvalue weighted by atomic mass is 10.1. The van der Waals surface area contributed by atoms with Crippen molar-refractivity contribution in [3.63, 3.8) is 0 Å². The van der Waals surface area contributed by atoms with Crippen LogP contribution >= 0.6 is 0 Å². The Labute approximate surface area is 158 Å². The SMILES string of the molecule is COCCn1c(C)cc(C)c(C(=O)N2CCn3c(nnc3C(F)(F)F)C2)c1=O. The molecular formula is C17H20F3N5O3. The summed E-state index contributed by atoms with van der Waals surface area (Å²) in [5, 5.41) is 6.77. The smallest absolute Gasteiger partial charge is 0.383 e. The maximum atomic E-state index is 13.0. The second kappa shape index (κ2) is 7.38.